The standard InChI is InChI=1S/C9H19IN2O3S/c10-4-2-1-3-5-11-16(13,14)12-6-8-15-9-7-12/h11H,1-9H2. The first-order chi connectivity index (χ1) is 7.67. The van der Waals surface area contributed by atoms with Crippen LogP contribution in [-0.2, 0) is 14.9 Å². The average Bonchev–Trinajstić information content (AvgIpc) is 2.30. The number of nitrogens with one attached hydrogen (secondary N) is 1. The van der Waals surface area contributed by atoms with Gasteiger partial charge in [-0.1, -0.05) is 29.0 Å². The van der Waals surface area contributed by atoms with Gasteiger partial charge in [0.1, 0.15) is 0 Å². The fourth-order valence-electron chi connectivity index (χ4n) is 1.48. The molecule has 0 aromatic rings. The van der Waals surface area contributed by atoms with Crippen LogP contribution in [0.15, 0.2) is 0 Å². The van der Waals surface area contributed by atoms with E-state index in [2.05, 4.69) is 27.3 Å². The summed E-state index contributed by atoms with van der Waals surface area (Å²) >= 11 is 2.33. The Labute approximate surface area is 111 Å². The maximum atomic E-state index is 11.8. The van der Waals surface area contributed by atoms with Gasteiger partial charge in [0.2, 0.25) is 0 Å². The number of ether oxygens (including phenoxy) is 1. The Kier molecular flexibility index (Phi) is 7.13. The largest absolute Gasteiger partial charge is 0.379 e. The van der Waals surface area contributed by atoms with Crippen molar-refractivity contribution in [1.82, 2.24) is 9.03 Å². The topological polar surface area (TPSA) is 58.6 Å². The lowest BCUT2D eigenvalue weighted by atomic mass is 10.3. The van der Waals surface area contributed by atoms with Gasteiger partial charge in [0, 0.05) is 19.6 Å². The summed E-state index contributed by atoms with van der Waals surface area (Å²) < 4.78 is 33.9. The Balaban J connectivity index is 2.22. The van der Waals surface area contributed by atoms with E-state index in [0.717, 1.165) is 23.7 Å². The fourth-order valence-corrected chi connectivity index (χ4v) is 3.23. The maximum absolute atomic E-state index is 11.8. The van der Waals surface area contributed by atoms with Crippen molar-refractivity contribution in [1.29, 1.82) is 0 Å². The van der Waals surface area contributed by atoms with Crippen molar-refractivity contribution in [3.63, 3.8) is 0 Å². The number of hydrogen-bond donors (Lipinski definition) is 1. The molecule has 5 nitrogen and oxygen atoms in total. The van der Waals surface area contributed by atoms with Crippen molar-refractivity contribution in [2.24, 2.45) is 0 Å². The van der Waals surface area contributed by atoms with Gasteiger partial charge >= 0.3 is 0 Å². The molecule has 0 radical (unpaired) electrons. The molecule has 16 heavy (non-hydrogen) atoms. The second-order valence-corrected chi connectivity index (χ2v) is 6.49. The molecule has 1 aliphatic heterocycles. The highest BCUT2D eigenvalue weighted by Gasteiger charge is 2.23. The first kappa shape index (κ1) is 14.6. The van der Waals surface area contributed by atoms with Crippen LogP contribution in [-0.4, -0.2) is 50.0 Å². The molecule has 1 N–H and O–H groups in total. The monoisotopic (exact) mass is 362 g/mol. The summed E-state index contributed by atoms with van der Waals surface area (Å²) in [6, 6.07) is 0. The van der Waals surface area contributed by atoms with E-state index in [-0.39, 0.29) is 0 Å². The predicted molar refractivity (Wildman–Crippen MR) is 72.1 cm³/mol. The molecule has 7 heteroatoms. The third-order valence-corrected chi connectivity index (χ3v) is 4.78. The van der Waals surface area contributed by atoms with Gasteiger partial charge in [0.25, 0.3) is 10.2 Å². The Bertz CT molecular complexity index is 278. The molecule has 1 rings (SSSR count). The average molecular weight is 362 g/mol. The lowest BCUT2D eigenvalue weighted by Gasteiger charge is -2.26. The Morgan fingerprint density at radius 3 is 2.50 bits per heavy atom. The molecule has 0 atom stereocenters. The highest BCUT2D eigenvalue weighted by Crippen LogP contribution is 2.03. The predicted octanol–water partition coefficient (Wildman–Crippen LogP) is 0.758. The summed E-state index contributed by atoms with van der Waals surface area (Å²) in [6.07, 6.45) is 3.14. The van der Waals surface area contributed by atoms with Crippen LogP contribution >= 0.6 is 22.6 Å². The van der Waals surface area contributed by atoms with Crippen molar-refractivity contribution in [3.05, 3.63) is 0 Å². The van der Waals surface area contributed by atoms with Crippen LogP contribution in [0, 0.1) is 0 Å². The van der Waals surface area contributed by atoms with E-state index in [1.807, 2.05) is 0 Å². The van der Waals surface area contributed by atoms with Crippen molar-refractivity contribution >= 4 is 32.8 Å². The van der Waals surface area contributed by atoms with Crippen LogP contribution in [0.25, 0.3) is 0 Å². The van der Waals surface area contributed by atoms with Crippen LogP contribution in [0.1, 0.15) is 19.3 Å². The molecular formula is C9H19IN2O3S. The molecule has 1 saturated heterocycles. The lowest BCUT2D eigenvalue weighted by molar-refractivity contribution is 0.0725. The van der Waals surface area contributed by atoms with Gasteiger partial charge in [-0.15, -0.1) is 0 Å². The smallest absolute Gasteiger partial charge is 0.279 e. The minimum Gasteiger partial charge on any atom is -0.379 e. The number of rotatable bonds is 7. The van der Waals surface area contributed by atoms with Gasteiger partial charge in [0.15, 0.2) is 0 Å². The van der Waals surface area contributed by atoms with Crippen molar-refractivity contribution in [3.8, 4) is 0 Å². The van der Waals surface area contributed by atoms with E-state index >= 15 is 0 Å². The van der Waals surface area contributed by atoms with E-state index < -0.39 is 10.2 Å². The van der Waals surface area contributed by atoms with Crippen LogP contribution < -0.4 is 4.72 Å². The first-order valence-corrected chi connectivity index (χ1v) is 8.52. The number of unbranched alkanes of at least 4 members (excludes halogenated alkanes) is 2. The van der Waals surface area contributed by atoms with Gasteiger partial charge in [-0.25, -0.2) is 4.72 Å². The number of hydrogen-bond acceptors (Lipinski definition) is 3. The molecule has 0 unspecified atom stereocenters. The summed E-state index contributed by atoms with van der Waals surface area (Å²) in [4.78, 5) is 0. The van der Waals surface area contributed by atoms with E-state index in [9.17, 15) is 8.42 Å². The summed E-state index contributed by atoms with van der Waals surface area (Å²) in [5, 5.41) is 0. The molecule has 0 aromatic heterocycles. The van der Waals surface area contributed by atoms with Gasteiger partial charge < -0.3 is 4.74 Å². The molecule has 0 amide bonds. The highest BCUT2D eigenvalue weighted by atomic mass is 127. The fraction of sp³-hybridized carbons (Fsp3) is 1.00. The number of morpholine rings is 1. The first-order valence-electron chi connectivity index (χ1n) is 5.55. The number of nitrogens with zero attached hydrogens (tertiary/aromatic N) is 1. The molecule has 1 aliphatic rings. The van der Waals surface area contributed by atoms with Crippen LogP contribution in [0.3, 0.4) is 0 Å². The quantitative estimate of drug-likeness (QED) is 0.413. The van der Waals surface area contributed by atoms with Gasteiger partial charge in [-0.2, -0.15) is 12.7 Å². The van der Waals surface area contributed by atoms with Crippen LogP contribution in [0.5, 0.6) is 0 Å². The molecule has 0 aliphatic carbocycles. The molecule has 1 heterocycles. The van der Waals surface area contributed by atoms with Gasteiger partial charge in [-0.3, -0.25) is 0 Å². The molecule has 0 spiro atoms. The zero-order valence-electron chi connectivity index (χ0n) is 9.32. The lowest BCUT2D eigenvalue weighted by Crippen LogP contribution is -2.46. The normalized spacial score (nSPS) is 18.8. The molecule has 0 bridgehead atoms. The van der Waals surface area contributed by atoms with Crippen LogP contribution in [0.2, 0.25) is 0 Å². The Hall–Kier alpha value is 0.560. The summed E-state index contributed by atoms with van der Waals surface area (Å²) in [5.41, 5.74) is 0. The molecule has 96 valence electrons. The number of halogens is 1. The highest BCUT2D eigenvalue weighted by molar-refractivity contribution is 14.1. The van der Waals surface area contributed by atoms with E-state index in [1.54, 1.807) is 0 Å². The zero-order chi connectivity index (χ0) is 11.9. The molecule has 1 fully saturated rings. The zero-order valence-corrected chi connectivity index (χ0v) is 12.3. The van der Waals surface area contributed by atoms with Crippen LogP contribution in [0.4, 0.5) is 0 Å². The summed E-state index contributed by atoms with van der Waals surface area (Å²) in [6.45, 7) is 2.45. The third-order valence-electron chi connectivity index (χ3n) is 2.40. The van der Waals surface area contributed by atoms with Crippen molar-refractivity contribution in [2.75, 3.05) is 37.3 Å². The van der Waals surface area contributed by atoms with Crippen molar-refractivity contribution in [2.45, 2.75) is 19.3 Å². The van der Waals surface area contributed by atoms with E-state index in [1.165, 1.54) is 4.31 Å². The summed E-state index contributed by atoms with van der Waals surface area (Å²) in [5.74, 6) is 0. The van der Waals surface area contributed by atoms with E-state index in [4.69, 9.17) is 4.74 Å². The molecule has 0 aromatic carbocycles. The maximum Gasteiger partial charge on any atom is 0.279 e. The minimum absolute atomic E-state index is 0.461. The Morgan fingerprint density at radius 1 is 1.19 bits per heavy atom. The molecule has 0 saturated carbocycles. The van der Waals surface area contributed by atoms with Gasteiger partial charge in [-0.05, 0) is 17.3 Å². The van der Waals surface area contributed by atoms with Gasteiger partial charge in [0.05, 0.1) is 13.2 Å². The SMILES string of the molecule is O=S(=O)(NCCCCCI)N1CCOCC1. The molecular weight excluding hydrogens is 343 g/mol. The third kappa shape index (κ3) is 5.26. The second-order valence-electron chi connectivity index (χ2n) is 3.66. The minimum atomic E-state index is -3.27. The summed E-state index contributed by atoms with van der Waals surface area (Å²) in [7, 11) is -3.27. The number of alkyl halides is 1. The van der Waals surface area contributed by atoms with Crippen molar-refractivity contribution < 1.29 is 13.2 Å². The second kappa shape index (κ2) is 7.80. The Morgan fingerprint density at radius 2 is 1.88 bits per heavy atom. The van der Waals surface area contributed by atoms with E-state index in [0.29, 0.717) is 32.8 Å².